The second kappa shape index (κ2) is 7.84. The van der Waals surface area contributed by atoms with Crippen LogP contribution in [-0.2, 0) is 11.3 Å². The quantitative estimate of drug-likeness (QED) is 0.746. The van der Waals surface area contributed by atoms with E-state index in [0.29, 0.717) is 5.56 Å². The first-order valence-corrected chi connectivity index (χ1v) is 6.24. The molecule has 1 aromatic carbocycles. The normalized spacial score (nSPS) is 10.7. The van der Waals surface area contributed by atoms with Crippen LogP contribution in [0.2, 0.25) is 0 Å². The lowest BCUT2D eigenvalue weighted by Gasteiger charge is -2.16. The molecule has 0 atom stereocenters. The van der Waals surface area contributed by atoms with Crippen LogP contribution >= 0.6 is 0 Å². The number of amides is 1. The van der Waals surface area contributed by atoms with E-state index in [4.69, 9.17) is 4.74 Å². The van der Waals surface area contributed by atoms with E-state index in [1.807, 2.05) is 31.2 Å². The van der Waals surface area contributed by atoms with Crippen molar-refractivity contribution < 1.29 is 9.53 Å². The molecule has 4 nitrogen and oxygen atoms in total. The average molecular weight is 250 g/mol. The average Bonchev–Trinajstić information content (AvgIpc) is 2.39. The monoisotopic (exact) mass is 250 g/mol. The van der Waals surface area contributed by atoms with E-state index in [1.165, 1.54) is 5.56 Å². The summed E-state index contributed by atoms with van der Waals surface area (Å²) in [4.78, 5) is 13.6. The van der Waals surface area contributed by atoms with E-state index in [0.717, 1.165) is 26.3 Å². The summed E-state index contributed by atoms with van der Waals surface area (Å²) in [6.45, 7) is 5.28. The third kappa shape index (κ3) is 4.85. The van der Waals surface area contributed by atoms with Crippen LogP contribution in [0.15, 0.2) is 24.3 Å². The van der Waals surface area contributed by atoms with Crippen molar-refractivity contribution in [3.05, 3.63) is 35.4 Å². The van der Waals surface area contributed by atoms with Gasteiger partial charge in [0.1, 0.15) is 0 Å². The molecule has 0 aromatic heterocycles. The van der Waals surface area contributed by atoms with Crippen molar-refractivity contribution in [3.63, 3.8) is 0 Å². The Morgan fingerprint density at radius 2 is 2.00 bits per heavy atom. The fraction of sp³-hybridized carbons (Fsp3) is 0.500. The van der Waals surface area contributed by atoms with Crippen molar-refractivity contribution in [1.29, 1.82) is 0 Å². The number of likely N-dealkylation sites (N-methyl/N-ethyl adjacent to an activating group) is 1. The highest BCUT2D eigenvalue weighted by atomic mass is 16.5. The molecule has 0 unspecified atom stereocenters. The molecular formula is C14H22N2O2. The van der Waals surface area contributed by atoms with Gasteiger partial charge in [-0.3, -0.25) is 9.69 Å². The van der Waals surface area contributed by atoms with Crippen molar-refractivity contribution in [1.82, 2.24) is 10.2 Å². The summed E-state index contributed by atoms with van der Waals surface area (Å²) in [6, 6.07) is 7.68. The first-order valence-electron chi connectivity index (χ1n) is 6.24. The van der Waals surface area contributed by atoms with Gasteiger partial charge in [0.2, 0.25) is 0 Å². The van der Waals surface area contributed by atoms with Crippen LogP contribution < -0.4 is 5.32 Å². The lowest BCUT2D eigenvalue weighted by atomic mass is 10.1. The molecule has 4 heteroatoms. The van der Waals surface area contributed by atoms with Crippen LogP contribution in [0.5, 0.6) is 0 Å². The Morgan fingerprint density at radius 3 is 2.56 bits per heavy atom. The van der Waals surface area contributed by atoms with E-state index >= 15 is 0 Å². The van der Waals surface area contributed by atoms with Gasteiger partial charge in [-0.2, -0.15) is 0 Å². The highest BCUT2D eigenvalue weighted by molar-refractivity contribution is 5.93. The predicted molar refractivity (Wildman–Crippen MR) is 72.7 cm³/mol. The Bertz CT molecular complexity index is 363. The zero-order valence-electron chi connectivity index (χ0n) is 11.4. The molecule has 1 rings (SSSR count). The van der Waals surface area contributed by atoms with E-state index in [2.05, 4.69) is 17.3 Å². The van der Waals surface area contributed by atoms with Crippen LogP contribution in [-0.4, -0.2) is 44.7 Å². The van der Waals surface area contributed by atoms with E-state index < -0.39 is 0 Å². The summed E-state index contributed by atoms with van der Waals surface area (Å²) < 4.78 is 5.31. The van der Waals surface area contributed by atoms with Crippen molar-refractivity contribution >= 4 is 5.91 Å². The topological polar surface area (TPSA) is 41.6 Å². The summed E-state index contributed by atoms with van der Waals surface area (Å²) in [6.07, 6.45) is 0. The first-order chi connectivity index (χ1) is 8.67. The molecule has 1 N–H and O–H groups in total. The largest absolute Gasteiger partial charge is 0.380 e. The number of ether oxygens (including phenoxy) is 1. The maximum atomic E-state index is 11.4. The van der Waals surface area contributed by atoms with Gasteiger partial charge in [-0.05, 0) is 31.7 Å². The molecule has 18 heavy (non-hydrogen) atoms. The van der Waals surface area contributed by atoms with Crippen molar-refractivity contribution in [2.45, 2.75) is 13.5 Å². The Kier molecular flexibility index (Phi) is 6.39. The molecule has 0 spiro atoms. The highest BCUT2D eigenvalue weighted by Gasteiger charge is 2.04. The fourth-order valence-electron chi connectivity index (χ4n) is 1.66. The van der Waals surface area contributed by atoms with Crippen LogP contribution in [0.3, 0.4) is 0 Å². The minimum Gasteiger partial charge on any atom is -0.380 e. The number of carbonyl (C=O) groups excluding carboxylic acids is 1. The predicted octanol–water partition coefficient (Wildman–Crippen LogP) is 1.51. The summed E-state index contributed by atoms with van der Waals surface area (Å²) in [5, 5.41) is 2.61. The summed E-state index contributed by atoms with van der Waals surface area (Å²) in [5.41, 5.74) is 1.89. The fourth-order valence-corrected chi connectivity index (χ4v) is 1.66. The molecule has 0 aliphatic rings. The molecule has 1 amide bonds. The van der Waals surface area contributed by atoms with Gasteiger partial charge in [-0.25, -0.2) is 0 Å². The van der Waals surface area contributed by atoms with Crippen LogP contribution in [0.25, 0.3) is 0 Å². The van der Waals surface area contributed by atoms with E-state index in [-0.39, 0.29) is 5.91 Å². The van der Waals surface area contributed by atoms with Gasteiger partial charge in [0.15, 0.2) is 0 Å². The molecule has 0 aliphatic heterocycles. The van der Waals surface area contributed by atoms with Gasteiger partial charge in [0.25, 0.3) is 5.91 Å². The Morgan fingerprint density at radius 1 is 1.33 bits per heavy atom. The molecule has 0 radical (unpaired) electrons. The van der Waals surface area contributed by atoms with Crippen LogP contribution in [0.4, 0.5) is 0 Å². The zero-order valence-corrected chi connectivity index (χ0v) is 11.4. The maximum absolute atomic E-state index is 11.4. The Labute approximate surface area is 109 Å². The zero-order chi connectivity index (χ0) is 13.4. The van der Waals surface area contributed by atoms with Crippen molar-refractivity contribution in [2.24, 2.45) is 0 Å². The Balaban J connectivity index is 2.45. The van der Waals surface area contributed by atoms with Gasteiger partial charge in [0.05, 0.1) is 6.61 Å². The number of rotatable bonds is 7. The minimum absolute atomic E-state index is 0.0498. The van der Waals surface area contributed by atoms with Crippen molar-refractivity contribution in [3.8, 4) is 0 Å². The molecule has 0 saturated carbocycles. The van der Waals surface area contributed by atoms with Gasteiger partial charge in [0, 0.05) is 32.3 Å². The lowest BCUT2D eigenvalue weighted by Crippen LogP contribution is -2.23. The summed E-state index contributed by atoms with van der Waals surface area (Å²) >= 11 is 0. The number of hydrogen-bond acceptors (Lipinski definition) is 3. The number of hydrogen-bond donors (Lipinski definition) is 1. The summed E-state index contributed by atoms with van der Waals surface area (Å²) in [5.74, 6) is -0.0498. The number of carbonyl (C=O) groups is 1. The molecule has 0 bridgehead atoms. The SMILES string of the molecule is CCOCCN(C)Cc1ccc(C(=O)NC)cc1. The molecule has 0 saturated heterocycles. The number of benzene rings is 1. The third-order valence-corrected chi connectivity index (χ3v) is 2.72. The van der Waals surface area contributed by atoms with Gasteiger partial charge in [-0.1, -0.05) is 12.1 Å². The molecule has 100 valence electrons. The molecular weight excluding hydrogens is 228 g/mol. The first kappa shape index (κ1) is 14.7. The standard InChI is InChI=1S/C14H22N2O2/c1-4-18-10-9-16(3)11-12-5-7-13(8-6-12)14(17)15-2/h5-8H,4,9-11H2,1-3H3,(H,15,17). The second-order valence-electron chi connectivity index (χ2n) is 4.21. The van der Waals surface area contributed by atoms with E-state index in [1.54, 1.807) is 7.05 Å². The number of nitrogens with one attached hydrogen (secondary N) is 1. The maximum Gasteiger partial charge on any atom is 0.251 e. The Hall–Kier alpha value is -1.39. The van der Waals surface area contributed by atoms with Gasteiger partial charge >= 0.3 is 0 Å². The van der Waals surface area contributed by atoms with Gasteiger partial charge in [-0.15, -0.1) is 0 Å². The molecule has 1 aromatic rings. The van der Waals surface area contributed by atoms with Crippen molar-refractivity contribution in [2.75, 3.05) is 33.9 Å². The van der Waals surface area contributed by atoms with Crippen LogP contribution in [0.1, 0.15) is 22.8 Å². The van der Waals surface area contributed by atoms with E-state index in [9.17, 15) is 4.79 Å². The molecule has 0 heterocycles. The lowest BCUT2D eigenvalue weighted by molar-refractivity contribution is 0.0963. The highest BCUT2D eigenvalue weighted by Crippen LogP contribution is 2.06. The molecule has 0 fully saturated rings. The second-order valence-corrected chi connectivity index (χ2v) is 4.21. The van der Waals surface area contributed by atoms with Gasteiger partial charge < -0.3 is 10.1 Å². The minimum atomic E-state index is -0.0498. The molecule has 0 aliphatic carbocycles. The van der Waals surface area contributed by atoms with Crippen LogP contribution in [0, 0.1) is 0 Å². The summed E-state index contributed by atoms with van der Waals surface area (Å²) in [7, 11) is 3.70. The smallest absolute Gasteiger partial charge is 0.251 e. The number of nitrogens with zero attached hydrogens (tertiary/aromatic N) is 1. The third-order valence-electron chi connectivity index (χ3n) is 2.72.